The number of carbonyl (C=O) groups excluding carboxylic acids is 1. The molecule has 10 heteroatoms. The van der Waals surface area contributed by atoms with Gasteiger partial charge in [0.25, 0.3) is 0 Å². The van der Waals surface area contributed by atoms with E-state index >= 15 is 0 Å². The van der Waals surface area contributed by atoms with Crippen molar-refractivity contribution >= 4 is 35.8 Å². The molecular formula is C19H24F3IN4O2. The van der Waals surface area contributed by atoms with Gasteiger partial charge < -0.3 is 20.0 Å². The van der Waals surface area contributed by atoms with Crippen molar-refractivity contribution < 1.29 is 22.4 Å². The minimum atomic E-state index is -4.36. The molecule has 0 aliphatic heterocycles. The minimum Gasteiger partial charge on any atom is -0.467 e. The zero-order valence-corrected chi connectivity index (χ0v) is 18.5. The summed E-state index contributed by atoms with van der Waals surface area (Å²) in [5.74, 6) is 0.855. The molecule has 160 valence electrons. The quantitative estimate of drug-likeness (QED) is 0.330. The van der Waals surface area contributed by atoms with E-state index in [1.807, 2.05) is 6.92 Å². The largest absolute Gasteiger partial charge is 0.467 e. The molecule has 29 heavy (non-hydrogen) atoms. The van der Waals surface area contributed by atoms with Crippen LogP contribution in [-0.2, 0) is 24.1 Å². The SMILES string of the molecule is CCNC(=NCC(=O)NCc1ccco1)N(C)Cc1ccc(C(F)(F)F)cc1.I. The number of amides is 1. The Morgan fingerprint density at radius 3 is 2.41 bits per heavy atom. The summed E-state index contributed by atoms with van der Waals surface area (Å²) < 4.78 is 43.1. The van der Waals surface area contributed by atoms with Crippen molar-refractivity contribution in [2.75, 3.05) is 20.1 Å². The summed E-state index contributed by atoms with van der Waals surface area (Å²) in [6.07, 6.45) is -2.83. The van der Waals surface area contributed by atoms with Crippen LogP contribution in [0.1, 0.15) is 23.8 Å². The third-order valence-corrected chi connectivity index (χ3v) is 3.81. The van der Waals surface area contributed by atoms with Gasteiger partial charge in [0.15, 0.2) is 5.96 Å². The van der Waals surface area contributed by atoms with E-state index in [1.165, 1.54) is 18.4 Å². The smallest absolute Gasteiger partial charge is 0.416 e. The van der Waals surface area contributed by atoms with Gasteiger partial charge in [-0.1, -0.05) is 12.1 Å². The number of rotatable bonds is 7. The van der Waals surface area contributed by atoms with Gasteiger partial charge in [0.2, 0.25) is 5.91 Å². The average molecular weight is 524 g/mol. The molecule has 0 atom stereocenters. The fraction of sp³-hybridized carbons (Fsp3) is 0.368. The molecule has 1 amide bonds. The van der Waals surface area contributed by atoms with Gasteiger partial charge in [-0.25, -0.2) is 4.99 Å². The van der Waals surface area contributed by atoms with E-state index in [-0.39, 0.29) is 43.0 Å². The van der Waals surface area contributed by atoms with Gasteiger partial charge in [-0.3, -0.25) is 4.79 Å². The van der Waals surface area contributed by atoms with Crippen molar-refractivity contribution in [2.24, 2.45) is 4.99 Å². The molecule has 1 aromatic carbocycles. The summed E-state index contributed by atoms with van der Waals surface area (Å²) in [5.41, 5.74) is 0.0103. The number of guanidine groups is 1. The summed E-state index contributed by atoms with van der Waals surface area (Å²) in [5, 5.41) is 5.76. The van der Waals surface area contributed by atoms with E-state index in [9.17, 15) is 18.0 Å². The molecule has 0 aliphatic rings. The Labute approximate surface area is 184 Å². The first-order chi connectivity index (χ1) is 13.3. The second-order valence-corrected chi connectivity index (χ2v) is 6.08. The average Bonchev–Trinajstić information content (AvgIpc) is 3.16. The molecule has 2 N–H and O–H groups in total. The number of furan rings is 1. The highest BCUT2D eigenvalue weighted by atomic mass is 127. The fourth-order valence-electron chi connectivity index (χ4n) is 2.42. The van der Waals surface area contributed by atoms with Gasteiger partial charge >= 0.3 is 6.18 Å². The Bertz CT molecular complexity index is 778. The zero-order valence-electron chi connectivity index (χ0n) is 16.1. The number of alkyl halides is 3. The maximum absolute atomic E-state index is 12.7. The summed E-state index contributed by atoms with van der Waals surface area (Å²) >= 11 is 0. The number of carbonyl (C=O) groups is 1. The van der Waals surface area contributed by atoms with Crippen molar-refractivity contribution in [1.82, 2.24) is 15.5 Å². The predicted octanol–water partition coefficient (Wildman–Crippen LogP) is 3.63. The molecule has 0 unspecified atom stereocenters. The molecule has 0 fully saturated rings. The van der Waals surface area contributed by atoms with E-state index in [1.54, 1.807) is 24.1 Å². The third-order valence-electron chi connectivity index (χ3n) is 3.81. The Kier molecular flexibility index (Phi) is 9.99. The molecule has 0 aliphatic carbocycles. The maximum Gasteiger partial charge on any atom is 0.416 e. The number of hydrogen-bond acceptors (Lipinski definition) is 3. The summed E-state index contributed by atoms with van der Waals surface area (Å²) in [6, 6.07) is 8.45. The van der Waals surface area contributed by atoms with Crippen molar-refractivity contribution in [3.05, 3.63) is 59.5 Å². The molecule has 2 rings (SSSR count). The van der Waals surface area contributed by atoms with Crippen molar-refractivity contribution in [1.29, 1.82) is 0 Å². The summed E-state index contributed by atoms with van der Waals surface area (Å²) in [6.45, 7) is 3.01. The highest BCUT2D eigenvalue weighted by Crippen LogP contribution is 2.29. The Morgan fingerprint density at radius 2 is 1.86 bits per heavy atom. The Balaban J connectivity index is 0.00000420. The van der Waals surface area contributed by atoms with Crippen LogP contribution >= 0.6 is 24.0 Å². The summed E-state index contributed by atoms with van der Waals surface area (Å²) in [7, 11) is 1.75. The van der Waals surface area contributed by atoms with Crippen LogP contribution in [0.5, 0.6) is 0 Å². The van der Waals surface area contributed by atoms with Gasteiger partial charge in [0, 0.05) is 20.1 Å². The molecule has 0 saturated carbocycles. The maximum atomic E-state index is 12.7. The highest BCUT2D eigenvalue weighted by Gasteiger charge is 2.29. The first-order valence-electron chi connectivity index (χ1n) is 8.74. The lowest BCUT2D eigenvalue weighted by Gasteiger charge is -2.22. The number of hydrogen-bond donors (Lipinski definition) is 2. The van der Waals surface area contributed by atoms with E-state index in [0.717, 1.165) is 12.1 Å². The lowest BCUT2D eigenvalue weighted by Crippen LogP contribution is -2.39. The lowest BCUT2D eigenvalue weighted by molar-refractivity contribution is -0.137. The number of nitrogens with one attached hydrogen (secondary N) is 2. The van der Waals surface area contributed by atoms with Gasteiger partial charge in [-0.2, -0.15) is 13.2 Å². The standard InChI is InChI=1S/C19H23F3N4O2.HI/c1-3-23-18(25-12-17(27)24-11-16-5-4-10-28-16)26(2)13-14-6-8-15(9-7-14)19(20,21)22;/h4-10H,3,11-13H2,1-2H3,(H,23,25)(H,24,27);1H. The van der Waals surface area contributed by atoms with E-state index < -0.39 is 11.7 Å². The van der Waals surface area contributed by atoms with Gasteiger partial charge in [-0.05, 0) is 36.8 Å². The summed E-state index contributed by atoms with van der Waals surface area (Å²) in [4.78, 5) is 18.0. The van der Waals surface area contributed by atoms with Crippen LogP contribution in [0.15, 0.2) is 52.1 Å². The van der Waals surface area contributed by atoms with Crippen LogP contribution in [0.4, 0.5) is 13.2 Å². The predicted molar refractivity (Wildman–Crippen MR) is 115 cm³/mol. The highest BCUT2D eigenvalue weighted by molar-refractivity contribution is 14.0. The van der Waals surface area contributed by atoms with Crippen LogP contribution in [0.3, 0.4) is 0 Å². The molecular weight excluding hydrogens is 500 g/mol. The normalized spacial score (nSPS) is 11.6. The molecule has 1 aromatic heterocycles. The number of benzene rings is 1. The first kappa shape index (κ1) is 24.8. The zero-order chi connectivity index (χ0) is 20.6. The van der Waals surface area contributed by atoms with Crippen molar-refractivity contribution in [2.45, 2.75) is 26.2 Å². The Morgan fingerprint density at radius 1 is 1.17 bits per heavy atom. The van der Waals surface area contributed by atoms with Gasteiger partial charge in [0.05, 0.1) is 18.4 Å². The van der Waals surface area contributed by atoms with Crippen LogP contribution in [0, 0.1) is 0 Å². The monoisotopic (exact) mass is 524 g/mol. The number of aliphatic imine (C=N–C) groups is 1. The molecule has 2 aromatic rings. The second kappa shape index (κ2) is 11.7. The fourth-order valence-corrected chi connectivity index (χ4v) is 2.42. The molecule has 0 radical (unpaired) electrons. The topological polar surface area (TPSA) is 69.9 Å². The molecule has 0 spiro atoms. The van der Waals surface area contributed by atoms with Gasteiger partial charge in [0.1, 0.15) is 12.3 Å². The van der Waals surface area contributed by atoms with E-state index in [4.69, 9.17) is 4.42 Å². The lowest BCUT2D eigenvalue weighted by atomic mass is 10.1. The number of nitrogens with zero attached hydrogens (tertiary/aromatic N) is 2. The minimum absolute atomic E-state index is 0. The van der Waals surface area contributed by atoms with Crippen molar-refractivity contribution in [3.63, 3.8) is 0 Å². The van der Waals surface area contributed by atoms with Crippen molar-refractivity contribution in [3.8, 4) is 0 Å². The molecule has 1 heterocycles. The van der Waals surface area contributed by atoms with E-state index in [2.05, 4.69) is 15.6 Å². The van der Waals surface area contributed by atoms with Crippen LogP contribution < -0.4 is 10.6 Å². The van der Waals surface area contributed by atoms with Gasteiger partial charge in [-0.15, -0.1) is 24.0 Å². The molecule has 6 nitrogen and oxygen atoms in total. The van der Waals surface area contributed by atoms with Crippen LogP contribution in [0.2, 0.25) is 0 Å². The van der Waals surface area contributed by atoms with E-state index in [0.29, 0.717) is 30.4 Å². The van der Waals surface area contributed by atoms with Crippen LogP contribution in [-0.4, -0.2) is 36.9 Å². The molecule has 0 saturated heterocycles. The first-order valence-corrected chi connectivity index (χ1v) is 8.74. The van der Waals surface area contributed by atoms with Crippen LogP contribution in [0.25, 0.3) is 0 Å². The molecule has 0 bridgehead atoms. The second-order valence-electron chi connectivity index (χ2n) is 6.08. The third kappa shape index (κ3) is 8.34. The Hall–Kier alpha value is -2.24. The number of halogens is 4.